The third-order valence-electron chi connectivity index (χ3n) is 5.03. The van der Waals surface area contributed by atoms with Crippen molar-refractivity contribution in [3.63, 3.8) is 0 Å². The lowest BCUT2D eigenvalue weighted by atomic mass is 9.98. The predicted octanol–water partition coefficient (Wildman–Crippen LogP) is 0.0468. The van der Waals surface area contributed by atoms with Crippen molar-refractivity contribution >= 4 is 35.5 Å². The van der Waals surface area contributed by atoms with Gasteiger partial charge in [0.15, 0.2) is 0 Å². The lowest BCUT2D eigenvalue weighted by Gasteiger charge is -2.28. The van der Waals surface area contributed by atoms with Crippen molar-refractivity contribution < 1.29 is 24.3 Å². The summed E-state index contributed by atoms with van der Waals surface area (Å²) in [5.74, 6) is -2.50. The van der Waals surface area contributed by atoms with Crippen molar-refractivity contribution in [3.8, 4) is 0 Å². The molecule has 10 nitrogen and oxygen atoms in total. The van der Waals surface area contributed by atoms with Crippen LogP contribution in [0, 0.1) is 11.8 Å². The summed E-state index contributed by atoms with van der Waals surface area (Å²) in [6, 6.07) is -3.63. The third-order valence-corrected chi connectivity index (χ3v) is 5.67. The molecule has 8 N–H and O–H groups in total. The molecule has 4 unspecified atom stereocenters. The molecule has 32 heavy (non-hydrogen) atoms. The van der Waals surface area contributed by atoms with E-state index >= 15 is 0 Å². The number of carboxylic acid groups (broad SMARTS) is 1. The van der Waals surface area contributed by atoms with Gasteiger partial charge in [-0.05, 0) is 56.1 Å². The van der Waals surface area contributed by atoms with E-state index in [1.807, 2.05) is 6.26 Å². The number of rotatable bonds is 16. The van der Waals surface area contributed by atoms with E-state index in [2.05, 4.69) is 16.0 Å². The molecule has 0 radical (unpaired) electrons. The normalized spacial score (nSPS) is 15.0. The maximum Gasteiger partial charge on any atom is 0.326 e. The molecular formula is C21H41N5O5S. The fourth-order valence-electron chi connectivity index (χ4n) is 2.96. The molecular weight excluding hydrogens is 434 g/mol. The Morgan fingerprint density at radius 1 is 0.844 bits per heavy atom. The van der Waals surface area contributed by atoms with E-state index in [0.29, 0.717) is 25.8 Å². The molecule has 0 aliphatic heterocycles. The minimum atomic E-state index is -1.14. The second-order valence-electron chi connectivity index (χ2n) is 8.53. The van der Waals surface area contributed by atoms with E-state index in [9.17, 15) is 24.3 Å². The maximum atomic E-state index is 12.9. The summed E-state index contributed by atoms with van der Waals surface area (Å²) in [6.07, 6.45) is 3.86. The molecule has 0 saturated heterocycles. The van der Waals surface area contributed by atoms with E-state index in [1.165, 1.54) is 0 Å². The fourth-order valence-corrected chi connectivity index (χ4v) is 3.45. The monoisotopic (exact) mass is 475 g/mol. The van der Waals surface area contributed by atoms with Crippen LogP contribution >= 0.6 is 11.8 Å². The molecule has 0 rings (SSSR count). The molecule has 0 saturated carbocycles. The first-order chi connectivity index (χ1) is 15.0. The molecule has 0 bridgehead atoms. The molecule has 0 heterocycles. The molecule has 3 amide bonds. The Kier molecular flexibility index (Phi) is 15.0. The van der Waals surface area contributed by atoms with Crippen LogP contribution in [0.25, 0.3) is 0 Å². The van der Waals surface area contributed by atoms with Gasteiger partial charge in [-0.1, -0.05) is 27.7 Å². The van der Waals surface area contributed by atoms with Gasteiger partial charge in [0.2, 0.25) is 17.7 Å². The molecule has 11 heteroatoms. The predicted molar refractivity (Wildman–Crippen MR) is 127 cm³/mol. The average Bonchev–Trinajstić information content (AvgIpc) is 2.72. The average molecular weight is 476 g/mol. The Balaban J connectivity index is 5.24. The van der Waals surface area contributed by atoms with Crippen LogP contribution in [-0.4, -0.2) is 71.5 Å². The maximum absolute atomic E-state index is 12.9. The number of nitrogens with two attached hydrogens (primary N) is 2. The smallest absolute Gasteiger partial charge is 0.326 e. The van der Waals surface area contributed by atoms with Gasteiger partial charge in [-0.2, -0.15) is 11.8 Å². The molecule has 186 valence electrons. The summed E-state index contributed by atoms with van der Waals surface area (Å²) in [5, 5.41) is 17.3. The molecule has 0 aromatic carbocycles. The molecule has 0 aromatic rings. The van der Waals surface area contributed by atoms with E-state index < -0.39 is 47.9 Å². The van der Waals surface area contributed by atoms with Crippen LogP contribution in [0.15, 0.2) is 0 Å². The number of hydrogen-bond donors (Lipinski definition) is 6. The van der Waals surface area contributed by atoms with Gasteiger partial charge in [0, 0.05) is 0 Å². The summed E-state index contributed by atoms with van der Waals surface area (Å²) in [6.45, 7) is 7.49. The molecule has 0 fully saturated rings. The molecule has 0 aliphatic rings. The standard InChI is InChI=1S/C21H41N5O5S/c1-12(2)16(19(28)24-15(21(30)31)8-6-7-10-22)26-20(29)17(13(3)4)25-18(27)14(23)9-11-32-5/h12-17H,6-11,22-23H2,1-5H3,(H,24,28)(H,25,27)(H,26,29)(H,30,31). The van der Waals surface area contributed by atoms with Crippen LogP contribution in [0.4, 0.5) is 0 Å². The fraction of sp³-hybridized carbons (Fsp3) is 0.810. The van der Waals surface area contributed by atoms with E-state index in [-0.39, 0.29) is 18.3 Å². The summed E-state index contributed by atoms with van der Waals surface area (Å²) >= 11 is 1.57. The van der Waals surface area contributed by atoms with Crippen LogP contribution in [0.1, 0.15) is 53.4 Å². The van der Waals surface area contributed by atoms with E-state index in [0.717, 1.165) is 5.75 Å². The van der Waals surface area contributed by atoms with Crippen LogP contribution in [0.3, 0.4) is 0 Å². The Labute approximate surface area is 195 Å². The van der Waals surface area contributed by atoms with Crippen molar-refractivity contribution in [1.29, 1.82) is 0 Å². The molecule has 0 aromatic heterocycles. The van der Waals surface area contributed by atoms with Gasteiger partial charge < -0.3 is 32.5 Å². The topological polar surface area (TPSA) is 177 Å². The van der Waals surface area contributed by atoms with Crippen molar-refractivity contribution in [2.45, 2.75) is 77.5 Å². The Morgan fingerprint density at radius 3 is 1.78 bits per heavy atom. The second-order valence-corrected chi connectivity index (χ2v) is 9.52. The number of unbranched alkanes of at least 4 members (excludes halogenated alkanes) is 1. The lowest BCUT2D eigenvalue weighted by Crippen LogP contribution is -2.59. The summed E-state index contributed by atoms with van der Waals surface area (Å²) in [7, 11) is 0. The van der Waals surface area contributed by atoms with Crippen molar-refractivity contribution in [1.82, 2.24) is 16.0 Å². The van der Waals surface area contributed by atoms with E-state index in [4.69, 9.17) is 11.5 Å². The van der Waals surface area contributed by atoms with Gasteiger partial charge in [-0.3, -0.25) is 14.4 Å². The zero-order valence-corrected chi connectivity index (χ0v) is 20.7. The number of carboxylic acids is 1. The number of carbonyl (C=O) groups excluding carboxylic acids is 3. The highest BCUT2D eigenvalue weighted by atomic mass is 32.2. The number of thioether (sulfide) groups is 1. The first-order valence-electron chi connectivity index (χ1n) is 11.0. The summed E-state index contributed by atoms with van der Waals surface area (Å²) < 4.78 is 0. The number of aliphatic carboxylic acids is 1. The number of carbonyl (C=O) groups is 4. The zero-order chi connectivity index (χ0) is 24.8. The zero-order valence-electron chi connectivity index (χ0n) is 19.8. The number of nitrogens with one attached hydrogen (secondary N) is 3. The van der Waals surface area contributed by atoms with Crippen molar-refractivity contribution in [2.24, 2.45) is 23.3 Å². The Morgan fingerprint density at radius 2 is 1.34 bits per heavy atom. The quantitative estimate of drug-likeness (QED) is 0.170. The van der Waals surface area contributed by atoms with Crippen LogP contribution in [0.5, 0.6) is 0 Å². The molecule has 0 spiro atoms. The Bertz CT molecular complexity index is 617. The second kappa shape index (κ2) is 15.9. The number of amides is 3. The van der Waals surface area contributed by atoms with Gasteiger partial charge in [0.05, 0.1) is 6.04 Å². The highest BCUT2D eigenvalue weighted by Crippen LogP contribution is 2.09. The van der Waals surface area contributed by atoms with Gasteiger partial charge in [-0.15, -0.1) is 0 Å². The van der Waals surface area contributed by atoms with Gasteiger partial charge in [-0.25, -0.2) is 4.79 Å². The molecule has 4 atom stereocenters. The van der Waals surface area contributed by atoms with Crippen LogP contribution < -0.4 is 27.4 Å². The van der Waals surface area contributed by atoms with Gasteiger partial charge >= 0.3 is 5.97 Å². The summed E-state index contributed by atoms with van der Waals surface area (Å²) in [4.78, 5) is 49.6. The minimum Gasteiger partial charge on any atom is -0.480 e. The van der Waals surface area contributed by atoms with Crippen LogP contribution in [0.2, 0.25) is 0 Å². The van der Waals surface area contributed by atoms with Gasteiger partial charge in [0.1, 0.15) is 18.1 Å². The highest BCUT2D eigenvalue weighted by Gasteiger charge is 2.32. The first kappa shape index (κ1) is 30.1. The van der Waals surface area contributed by atoms with Crippen LogP contribution in [-0.2, 0) is 19.2 Å². The lowest BCUT2D eigenvalue weighted by molar-refractivity contribution is -0.143. The SMILES string of the molecule is CSCCC(N)C(=O)NC(C(=O)NC(C(=O)NC(CCCCN)C(=O)O)C(C)C)C(C)C. The van der Waals surface area contributed by atoms with Gasteiger partial charge in [0.25, 0.3) is 0 Å². The largest absolute Gasteiger partial charge is 0.480 e. The minimum absolute atomic E-state index is 0.245. The van der Waals surface area contributed by atoms with E-state index in [1.54, 1.807) is 39.5 Å². The third kappa shape index (κ3) is 11.1. The summed E-state index contributed by atoms with van der Waals surface area (Å²) in [5.41, 5.74) is 11.3. The first-order valence-corrected chi connectivity index (χ1v) is 12.4. The highest BCUT2D eigenvalue weighted by molar-refractivity contribution is 7.98. The van der Waals surface area contributed by atoms with Crippen molar-refractivity contribution in [3.05, 3.63) is 0 Å². The number of hydrogen-bond acceptors (Lipinski definition) is 7. The Hall–Kier alpha value is -1.85. The van der Waals surface area contributed by atoms with Crippen molar-refractivity contribution in [2.75, 3.05) is 18.6 Å². The molecule has 0 aliphatic carbocycles.